The summed E-state index contributed by atoms with van der Waals surface area (Å²) in [5.41, 5.74) is 0. The minimum Gasteiger partial charge on any atom is -0.395 e. The first-order valence-electron chi connectivity index (χ1n) is 3.78. The molecule has 3 nitrogen and oxygen atoms in total. The first-order chi connectivity index (χ1) is 4.72. The van der Waals surface area contributed by atoms with Gasteiger partial charge in [0.25, 0.3) is 0 Å². The van der Waals surface area contributed by atoms with Crippen molar-refractivity contribution < 1.29 is 5.11 Å². The smallest absolute Gasteiger partial charge is 0.0597 e. The number of rotatable bonds is 1. The zero-order chi connectivity index (χ0) is 7.56. The highest BCUT2D eigenvalue weighted by Crippen LogP contribution is 2.00. The van der Waals surface area contributed by atoms with Gasteiger partial charge in [-0.05, 0) is 14.0 Å². The third kappa shape index (κ3) is 1.94. The molecule has 1 aliphatic rings. The summed E-state index contributed by atoms with van der Waals surface area (Å²) in [6.07, 6.45) is 0. The summed E-state index contributed by atoms with van der Waals surface area (Å²) in [5.74, 6) is 0. The largest absolute Gasteiger partial charge is 0.395 e. The molecule has 0 spiro atoms. The van der Waals surface area contributed by atoms with Crippen molar-refractivity contribution >= 4 is 0 Å². The number of hydrogen-bond donors (Lipinski definition) is 2. The standard InChI is InChI=1S/C7H16N2O/c1-6-3-9(2)4-7(5-10)8-6/h6-8,10H,3-5H2,1-2H3. The molecular formula is C7H16N2O. The molecule has 2 atom stereocenters. The van der Waals surface area contributed by atoms with E-state index in [-0.39, 0.29) is 12.6 Å². The molecule has 1 heterocycles. The van der Waals surface area contributed by atoms with Crippen LogP contribution in [0.1, 0.15) is 6.92 Å². The number of piperazine rings is 1. The second kappa shape index (κ2) is 3.32. The Bertz CT molecular complexity index is 97.8. The van der Waals surface area contributed by atoms with Crippen LogP contribution in [0.15, 0.2) is 0 Å². The molecule has 60 valence electrons. The van der Waals surface area contributed by atoms with Crippen molar-refractivity contribution in [2.75, 3.05) is 26.7 Å². The highest BCUT2D eigenvalue weighted by atomic mass is 16.3. The Hall–Kier alpha value is -0.120. The van der Waals surface area contributed by atoms with Gasteiger partial charge in [-0.15, -0.1) is 0 Å². The molecule has 1 rings (SSSR count). The van der Waals surface area contributed by atoms with Gasteiger partial charge in [-0.2, -0.15) is 0 Å². The van der Waals surface area contributed by atoms with Gasteiger partial charge in [0.2, 0.25) is 0 Å². The summed E-state index contributed by atoms with van der Waals surface area (Å²) in [5, 5.41) is 12.1. The van der Waals surface area contributed by atoms with Crippen LogP contribution >= 0.6 is 0 Å². The van der Waals surface area contributed by atoms with E-state index < -0.39 is 0 Å². The van der Waals surface area contributed by atoms with Crippen LogP contribution in [0.4, 0.5) is 0 Å². The van der Waals surface area contributed by atoms with Crippen molar-refractivity contribution in [3.8, 4) is 0 Å². The van der Waals surface area contributed by atoms with Gasteiger partial charge in [-0.25, -0.2) is 0 Å². The molecule has 3 heteroatoms. The monoisotopic (exact) mass is 144 g/mol. The molecule has 10 heavy (non-hydrogen) atoms. The van der Waals surface area contributed by atoms with E-state index in [1.54, 1.807) is 0 Å². The summed E-state index contributed by atoms with van der Waals surface area (Å²) < 4.78 is 0. The fraction of sp³-hybridized carbons (Fsp3) is 1.00. The predicted octanol–water partition coefficient (Wildman–Crippen LogP) is -0.729. The second-order valence-electron chi connectivity index (χ2n) is 3.17. The van der Waals surface area contributed by atoms with Crippen LogP contribution < -0.4 is 5.32 Å². The Labute approximate surface area is 62.0 Å². The Balaban J connectivity index is 2.35. The first kappa shape index (κ1) is 7.98. The van der Waals surface area contributed by atoms with Crippen LogP contribution in [0.2, 0.25) is 0 Å². The van der Waals surface area contributed by atoms with Crippen LogP contribution in [0.5, 0.6) is 0 Å². The molecule has 1 saturated heterocycles. The number of likely N-dealkylation sites (N-methyl/N-ethyl adjacent to an activating group) is 1. The van der Waals surface area contributed by atoms with Gasteiger partial charge in [0, 0.05) is 25.2 Å². The van der Waals surface area contributed by atoms with Crippen LogP contribution in [0.25, 0.3) is 0 Å². The molecule has 0 saturated carbocycles. The van der Waals surface area contributed by atoms with Gasteiger partial charge in [-0.3, -0.25) is 0 Å². The van der Waals surface area contributed by atoms with E-state index >= 15 is 0 Å². The third-order valence-corrected chi connectivity index (χ3v) is 1.86. The molecule has 0 amide bonds. The fourth-order valence-electron chi connectivity index (χ4n) is 1.54. The van der Waals surface area contributed by atoms with E-state index in [0.29, 0.717) is 6.04 Å². The molecule has 1 fully saturated rings. The minimum atomic E-state index is 0.245. The first-order valence-corrected chi connectivity index (χ1v) is 3.78. The topological polar surface area (TPSA) is 35.5 Å². The molecule has 0 aromatic rings. The van der Waals surface area contributed by atoms with Crippen molar-refractivity contribution in [3.63, 3.8) is 0 Å². The molecular weight excluding hydrogens is 128 g/mol. The molecule has 2 N–H and O–H groups in total. The number of nitrogens with zero attached hydrogens (tertiary/aromatic N) is 1. The van der Waals surface area contributed by atoms with Gasteiger partial charge in [0.1, 0.15) is 0 Å². The maximum Gasteiger partial charge on any atom is 0.0597 e. The summed E-state index contributed by atoms with van der Waals surface area (Å²) in [4.78, 5) is 2.24. The number of aliphatic hydroxyl groups excluding tert-OH is 1. The van der Waals surface area contributed by atoms with Crippen molar-refractivity contribution in [1.29, 1.82) is 0 Å². The quantitative estimate of drug-likeness (QED) is 0.509. The SMILES string of the molecule is CC1CN(C)CC(CO)N1. The molecule has 0 aromatic heterocycles. The third-order valence-electron chi connectivity index (χ3n) is 1.86. The van der Waals surface area contributed by atoms with Gasteiger partial charge in [0.15, 0.2) is 0 Å². The van der Waals surface area contributed by atoms with Crippen molar-refractivity contribution in [2.45, 2.75) is 19.0 Å². The van der Waals surface area contributed by atoms with Crippen molar-refractivity contribution in [1.82, 2.24) is 10.2 Å². The molecule has 0 aliphatic carbocycles. The predicted molar refractivity (Wildman–Crippen MR) is 41.0 cm³/mol. The van der Waals surface area contributed by atoms with E-state index in [1.165, 1.54) is 0 Å². The molecule has 0 aromatic carbocycles. The van der Waals surface area contributed by atoms with E-state index in [2.05, 4.69) is 24.2 Å². The zero-order valence-corrected chi connectivity index (χ0v) is 6.67. The maximum atomic E-state index is 8.84. The summed E-state index contributed by atoms with van der Waals surface area (Å²) >= 11 is 0. The van der Waals surface area contributed by atoms with Crippen molar-refractivity contribution in [3.05, 3.63) is 0 Å². The lowest BCUT2D eigenvalue weighted by Crippen LogP contribution is -2.55. The van der Waals surface area contributed by atoms with E-state index in [4.69, 9.17) is 5.11 Å². The summed E-state index contributed by atoms with van der Waals surface area (Å²) in [6, 6.07) is 0.782. The van der Waals surface area contributed by atoms with Crippen molar-refractivity contribution in [2.24, 2.45) is 0 Å². The van der Waals surface area contributed by atoms with E-state index in [1.807, 2.05) is 0 Å². The zero-order valence-electron chi connectivity index (χ0n) is 6.67. The Kier molecular flexibility index (Phi) is 2.65. The Morgan fingerprint density at radius 3 is 2.80 bits per heavy atom. The maximum absolute atomic E-state index is 8.84. The average Bonchev–Trinajstić information content (AvgIpc) is 1.85. The van der Waals surface area contributed by atoms with Crippen LogP contribution in [-0.4, -0.2) is 48.8 Å². The van der Waals surface area contributed by atoms with Gasteiger partial charge >= 0.3 is 0 Å². The summed E-state index contributed by atoms with van der Waals surface area (Å²) in [6.45, 7) is 4.42. The fourth-order valence-corrected chi connectivity index (χ4v) is 1.54. The van der Waals surface area contributed by atoms with E-state index in [0.717, 1.165) is 13.1 Å². The number of hydrogen-bond acceptors (Lipinski definition) is 3. The van der Waals surface area contributed by atoms with Gasteiger partial charge in [-0.1, -0.05) is 0 Å². The van der Waals surface area contributed by atoms with Gasteiger partial charge in [0.05, 0.1) is 6.61 Å². The highest BCUT2D eigenvalue weighted by molar-refractivity contribution is 4.81. The lowest BCUT2D eigenvalue weighted by Gasteiger charge is -2.34. The highest BCUT2D eigenvalue weighted by Gasteiger charge is 2.19. The van der Waals surface area contributed by atoms with Gasteiger partial charge < -0.3 is 15.3 Å². The molecule has 2 unspecified atom stereocenters. The number of aliphatic hydroxyl groups is 1. The van der Waals surface area contributed by atoms with Crippen LogP contribution in [0.3, 0.4) is 0 Å². The lowest BCUT2D eigenvalue weighted by molar-refractivity contribution is 0.144. The number of nitrogens with one attached hydrogen (secondary N) is 1. The summed E-state index contributed by atoms with van der Waals surface area (Å²) in [7, 11) is 2.08. The van der Waals surface area contributed by atoms with Crippen LogP contribution in [0, 0.1) is 0 Å². The van der Waals surface area contributed by atoms with Crippen LogP contribution in [-0.2, 0) is 0 Å². The average molecular weight is 144 g/mol. The minimum absolute atomic E-state index is 0.245. The second-order valence-corrected chi connectivity index (χ2v) is 3.17. The Morgan fingerprint density at radius 2 is 2.30 bits per heavy atom. The Morgan fingerprint density at radius 1 is 1.60 bits per heavy atom. The molecule has 0 bridgehead atoms. The lowest BCUT2D eigenvalue weighted by atomic mass is 10.1. The molecule has 1 aliphatic heterocycles. The normalized spacial score (nSPS) is 36.3. The van der Waals surface area contributed by atoms with E-state index in [9.17, 15) is 0 Å². The molecule has 0 radical (unpaired) electrons.